The molecule has 4 nitrogen and oxygen atoms in total. The molecular formula is C14H29N3O. The monoisotopic (exact) mass is 255 g/mol. The average Bonchev–Trinajstić information content (AvgIpc) is 2.28. The number of nitrogens with two attached hydrogens (primary N) is 1. The predicted octanol–water partition coefficient (Wildman–Crippen LogP) is 1.44. The fourth-order valence-corrected chi connectivity index (χ4v) is 3.05. The topological polar surface area (TPSA) is 49.6 Å². The lowest BCUT2D eigenvalue weighted by molar-refractivity contribution is -0.139. The van der Waals surface area contributed by atoms with Gasteiger partial charge in [-0.15, -0.1) is 0 Å². The highest BCUT2D eigenvalue weighted by Crippen LogP contribution is 2.27. The van der Waals surface area contributed by atoms with Crippen molar-refractivity contribution in [1.29, 1.82) is 0 Å². The molecule has 3 atom stereocenters. The summed E-state index contributed by atoms with van der Waals surface area (Å²) in [5.74, 6) is 0.0868. The van der Waals surface area contributed by atoms with Gasteiger partial charge >= 0.3 is 0 Å². The number of carbonyl (C=O) groups excluding carboxylic acids is 1. The summed E-state index contributed by atoms with van der Waals surface area (Å²) in [6.07, 6.45) is 4.74. The summed E-state index contributed by atoms with van der Waals surface area (Å²) >= 11 is 0. The molecule has 0 aromatic carbocycles. The molecule has 0 aliphatic heterocycles. The molecule has 0 aromatic rings. The van der Waals surface area contributed by atoms with Crippen molar-refractivity contribution < 1.29 is 4.79 Å². The summed E-state index contributed by atoms with van der Waals surface area (Å²) in [6.45, 7) is 5.95. The van der Waals surface area contributed by atoms with Crippen LogP contribution in [0, 0.1) is 0 Å². The number of hydrogen-bond acceptors (Lipinski definition) is 3. The molecule has 2 unspecified atom stereocenters. The molecule has 1 amide bonds. The lowest BCUT2D eigenvalue weighted by atomic mass is 9.87. The van der Waals surface area contributed by atoms with Crippen molar-refractivity contribution >= 4 is 5.91 Å². The molecule has 18 heavy (non-hydrogen) atoms. The van der Waals surface area contributed by atoms with E-state index in [-0.39, 0.29) is 11.9 Å². The van der Waals surface area contributed by atoms with E-state index in [1.165, 1.54) is 19.3 Å². The largest absolute Gasteiger partial charge is 0.334 e. The Morgan fingerprint density at radius 3 is 2.00 bits per heavy atom. The second-order valence-corrected chi connectivity index (χ2v) is 6.01. The van der Waals surface area contributed by atoms with Crippen molar-refractivity contribution in [2.45, 2.75) is 70.6 Å². The van der Waals surface area contributed by atoms with Gasteiger partial charge in [0.05, 0.1) is 6.04 Å². The van der Waals surface area contributed by atoms with Crippen LogP contribution in [0.4, 0.5) is 0 Å². The van der Waals surface area contributed by atoms with Gasteiger partial charge in [-0.05, 0) is 47.7 Å². The van der Waals surface area contributed by atoms with E-state index in [1.807, 2.05) is 4.90 Å². The Kier molecular flexibility index (Phi) is 5.60. The number of amides is 1. The molecule has 0 bridgehead atoms. The van der Waals surface area contributed by atoms with Crippen LogP contribution in [0.25, 0.3) is 0 Å². The van der Waals surface area contributed by atoms with Gasteiger partial charge in [0.1, 0.15) is 0 Å². The van der Waals surface area contributed by atoms with E-state index in [0.717, 1.165) is 6.42 Å². The molecule has 106 valence electrons. The van der Waals surface area contributed by atoms with Crippen LogP contribution >= 0.6 is 0 Å². The Morgan fingerprint density at radius 1 is 1.11 bits per heavy atom. The summed E-state index contributed by atoms with van der Waals surface area (Å²) in [4.78, 5) is 16.6. The Balaban J connectivity index is 2.92. The van der Waals surface area contributed by atoms with Crippen LogP contribution in [-0.2, 0) is 4.79 Å². The highest BCUT2D eigenvalue weighted by atomic mass is 16.2. The minimum Gasteiger partial charge on any atom is -0.334 e. The first-order valence-corrected chi connectivity index (χ1v) is 7.10. The molecule has 4 heteroatoms. The van der Waals surface area contributed by atoms with Crippen molar-refractivity contribution in [3.8, 4) is 0 Å². The molecule has 1 aliphatic rings. The fraction of sp³-hybridized carbons (Fsp3) is 0.929. The van der Waals surface area contributed by atoms with Crippen LogP contribution < -0.4 is 5.73 Å². The Labute approximate surface area is 111 Å². The highest BCUT2D eigenvalue weighted by molar-refractivity contribution is 5.81. The number of hydrogen-bond donors (Lipinski definition) is 1. The molecule has 1 rings (SSSR count). The minimum absolute atomic E-state index is 0.0868. The van der Waals surface area contributed by atoms with Crippen molar-refractivity contribution in [3.05, 3.63) is 0 Å². The second-order valence-electron chi connectivity index (χ2n) is 6.01. The van der Waals surface area contributed by atoms with Crippen LogP contribution in [0.15, 0.2) is 0 Å². The highest BCUT2D eigenvalue weighted by Gasteiger charge is 2.36. The van der Waals surface area contributed by atoms with Crippen molar-refractivity contribution in [2.24, 2.45) is 5.73 Å². The van der Waals surface area contributed by atoms with Crippen LogP contribution in [0.5, 0.6) is 0 Å². The summed E-state index contributed by atoms with van der Waals surface area (Å²) in [5, 5.41) is 0. The molecule has 0 heterocycles. The van der Waals surface area contributed by atoms with Gasteiger partial charge < -0.3 is 15.5 Å². The average molecular weight is 255 g/mol. The van der Waals surface area contributed by atoms with Crippen molar-refractivity contribution in [1.82, 2.24) is 9.80 Å². The summed E-state index contributed by atoms with van der Waals surface area (Å²) < 4.78 is 0. The Morgan fingerprint density at radius 2 is 1.61 bits per heavy atom. The predicted molar refractivity (Wildman–Crippen MR) is 75.4 cm³/mol. The maximum absolute atomic E-state index is 12.3. The minimum atomic E-state index is -0.405. The zero-order chi connectivity index (χ0) is 13.9. The quantitative estimate of drug-likeness (QED) is 0.827. The van der Waals surface area contributed by atoms with Crippen LogP contribution in [-0.4, -0.2) is 54.0 Å². The number of likely N-dealkylation sites (N-methyl/N-ethyl adjacent to an activating group) is 1. The smallest absolute Gasteiger partial charge is 0.239 e. The second kappa shape index (κ2) is 6.53. The fourth-order valence-electron chi connectivity index (χ4n) is 3.05. The lowest BCUT2D eigenvalue weighted by Crippen LogP contribution is -2.58. The van der Waals surface area contributed by atoms with Gasteiger partial charge in [0.2, 0.25) is 5.91 Å². The molecule has 2 N–H and O–H groups in total. The van der Waals surface area contributed by atoms with Gasteiger partial charge in [0.25, 0.3) is 0 Å². The first kappa shape index (κ1) is 15.4. The van der Waals surface area contributed by atoms with E-state index in [0.29, 0.717) is 12.1 Å². The molecule has 1 fully saturated rings. The molecule has 0 aromatic heterocycles. The van der Waals surface area contributed by atoms with Crippen LogP contribution in [0.1, 0.15) is 46.5 Å². The molecule has 0 radical (unpaired) electrons. The maximum atomic E-state index is 12.3. The van der Waals surface area contributed by atoms with E-state index >= 15 is 0 Å². The van der Waals surface area contributed by atoms with E-state index in [1.54, 1.807) is 6.92 Å². The van der Waals surface area contributed by atoms with Gasteiger partial charge in [-0.3, -0.25) is 4.79 Å². The summed E-state index contributed by atoms with van der Waals surface area (Å²) in [7, 11) is 4.22. The van der Waals surface area contributed by atoms with Crippen molar-refractivity contribution in [2.75, 3.05) is 14.1 Å². The number of rotatable bonds is 4. The Hall–Kier alpha value is -0.610. The van der Waals surface area contributed by atoms with Crippen LogP contribution in [0.2, 0.25) is 0 Å². The first-order valence-electron chi connectivity index (χ1n) is 7.10. The van der Waals surface area contributed by atoms with E-state index < -0.39 is 6.04 Å². The SMILES string of the molecule is CC(C)N(C(=O)[C@H](C)N)C1CCCCC1N(C)C. The zero-order valence-corrected chi connectivity index (χ0v) is 12.5. The van der Waals surface area contributed by atoms with Gasteiger partial charge in [0.15, 0.2) is 0 Å². The first-order chi connectivity index (χ1) is 8.36. The van der Waals surface area contributed by atoms with Gasteiger partial charge in [-0.1, -0.05) is 12.8 Å². The summed E-state index contributed by atoms with van der Waals surface area (Å²) in [6, 6.07) is 0.585. The maximum Gasteiger partial charge on any atom is 0.239 e. The molecule has 0 saturated heterocycles. The lowest BCUT2D eigenvalue weighted by Gasteiger charge is -2.45. The van der Waals surface area contributed by atoms with E-state index in [9.17, 15) is 4.79 Å². The third-order valence-electron chi connectivity index (χ3n) is 3.91. The third-order valence-corrected chi connectivity index (χ3v) is 3.91. The third kappa shape index (κ3) is 3.45. The number of carbonyl (C=O) groups is 1. The van der Waals surface area contributed by atoms with Gasteiger partial charge in [0, 0.05) is 18.1 Å². The van der Waals surface area contributed by atoms with E-state index in [2.05, 4.69) is 32.8 Å². The number of nitrogens with zero attached hydrogens (tertiary/aromatic N) is 2. The standard InChI is InChI=1S/C14H29N3O/c1-10(2)17(14(18)11(3)15)13-9-7-6-8-12(13)16(4)5/h10-13H,6-9,15H2,1-5H3/t11-,12?,13?/m0/s1. The van der Waals surface area contributed by atoms with Gasteiger partial charge in [-0.25, -0.2) is 0 Å². The van der Waals surface area contributed by atoms with Gasteiger partial charge in [-0.2, -0.15) is 0 Å². The molecule has 0 spiro atoms. The molecular weight excluding hydrogens is 226 g/mol. The Bertz CT molecular complexity index is 276. The zero-order valence-electron chi connectivity index (χ0n) is 12.5. The van der Waals surface area contributed by atoms with E-state index in [4.69, 9.17) is 5.73 Å². The molecule has 1 aliphatic carbocycles. The van der Waals surface area contributed by atoms with Crippen LogP contribution in [0.3, 0.4) is 0 Å². The summed E-state index contributed by atoms with van der Waals surface area (Å²) in [5.41, 5.74) is 5.80. The normalized spacial score (nSPS) is 26.4. The molecule has 1 saturated carbocycles. The van der Waals surface area contributed by atoms with Crippen molar-refractivity contribution in [3.63, 3.8) is 0 Å².